The van der Waals surface area contributed by atoms with Gasteiger partial charge in [-0.1, -0.05) is 36.4 Å². The molecule has 2 saturated carbocycles. The van der Waals surface area contributed by atoms with Gasteiger partial charge in [0.25, 0.3) is 5.92 Å². The van der Waals surface area contributed by atoms with Gasteiger partial charge in [0.2, 0.25) is 5.91 Å². The number of carbonyl (C=O) groups is 2. The van der Waals surface area contributed by atoms with Crippen molar-refractivity contribution in [2.45, 2.75) is 62.1 Å². The highest BCUT2D eigenvalue weighted by atomic mass is 19.3. The van der Waals surface area contributed by atoms with E-state index in [1.165, 1.54) is 12.8 Å². The van der Waals surface area contributed by atoms with Gasteiger partial charge in [-0.3, -0.25) is 4.79 Å². The molecular formula is C24H32F2N5O3-. The van der Waals surface area contributed by atoms with Crippen molar-refractivity contribution >= 4 is 12.0 Å². The molecule has 1 heterocycles. The van der Waals surface area contributed by atoms with E-state index in [2.05, 4.69) is 10.2 Å². The fourth-order valence-electron chi connectivity index (χ4n) is 4.53. The highest BCUT2D eigenvalue weighted by Gasteiger charge is 2.56. The molecule has 2 atom stereocenters. The molecule has 10 heteroatoms. The number of rotatable bonds is 7. The van der Waals surface area contributed by atoms with Crippen molar-refractivity contribution in [3.8, 4) is 6.07 Å². The maximum atomic E-state index is 13.9. The molecular weight excluding hydrogens is 444 g/mol. The first kappa shape index (κ1) is 25.8. The van der Waals surface area contributed by atoms with Gasteiger partial charge in [-0.15, -0.1) is 0 Å². The summed E-state index contributed by atoms with van der Waals surface area (Å²) < 4.78 is 27.8. The first-order valence-electron chi connectivity index (χ1n) is 11.4. The summed E-state index contributed by atoms with van der Waals surface area (Å²) in [6, 6.07) is 9.04. The quantitative estimate of drug-likeness (QED) is 0.624. The average molecular weight is 477 g/mol. The van der Waals surface area contributed by atoms with E-state index in [0.29, 0.717) is 36.4 Å². The molecule has 3 N–H and O–H groups in total. The zero-order chi connectivity index (χ0) is 25.1. The molecule has 34 heavy (non-hydrogen) atoms. The van der Waals surface area contributed by atoms with Gasteiger partial charge in [-0.25, -0.2) is 13.6 Å². The van der Waals surface area contributed by atoms with Crippen LogP contribution in [0.2, 0.25) is 0 Å². The molecule has 1 saturated heterocycles. The largest absolute Gasteiger partial charge is 0.667 e. The third-order valence-corrected chi connectivity index (χ3v) is 6.84. The molecule has 0 aromatic heterocycles. The smallest absolute Gasteiger partial charge is 0.407 e. The molecule has 8 nitrogen and oxygen atoms in total. The lowest BCUT2D eigenvalue weighted by Gasteiger charge is -2.26. The maximum Gasteiger partial charge on any atom is 0.407 e. The van der Waals surface area contributed by atoms with E-state index in [1.807, 2.05) is 20.2 Å². The lowest BCUT2D eigenvalue weighted by molar-refractivity contribution is -0.124. The number of nitrogens with one attached hydrogen (secondary N) is 2. The number of likely N-dealkylation sites (tertiary alicyclic amines) is 1. The molecule has 0 radical (unpaired) electrons. The topological polar surface area (TPSA) is 120 Å². The molecule has 2 aliphatic carbocycles. The second-order valence-corrected chi connectivity index (χ2v) is 9.96. The van der Waals surface area contributed by atoms with Crippen LogP contribution in [0.4, 0.5) is 13.6 Å². The molecule has 1 aromatic carbocycles. The van der Waals surface area contributed by atoms with Crippen molar-refractivity contribution in [3.05, 3.63) is 41.6 Å². The summed E-state index contributed by atoms with van der Waals surface area (Å²) in [5.41, 5.74) is 7.43. The van der Waals surface area contributed by atoms with Crippen LogP contribution >= 0.6 is 0 Å². The van der Waals surface area contributed by atoms with Gasteiger partial charge in [0.05, 0.1) is 6.07 Å². The van der Waals surface area contributed by atoms with Crippen molar-refractivity contribution in [1.82, 2.24) is 15.1 Å². The molecule has 186 valence electrons. The number of carbonyl (C=O) groups excluding carboxylic acids is 1. The Morgan fingerprint density at radius 2 is 1.91 bits per heavy atom. The highest BCUT2D eigenvalue weighted by molar-refractivity contribution is 5.84. The van der Waals surface area contributed by atoms with Crippen LogP contribution in [0.3, 0.4) is 0 Å². The minimum Gasteiger partial charge on any atom is -0.667 e. The minimum absolute atomic E-state index is 0.307. The number of halogens is 2. The van der Waals surface area contributed by atoms with Gasteiger partial charge in [0.1, 0.15) is 5.54 Å². The number of hydrogen-bond acceptors (Lipinski definition) is 4. The number of hydrogen-bond donors (Lipinski definition) is 2. The number of nitriles is 1. The molecule has 3 aliphatic rings. The van der Waals surface area contributed by atoms with Crippen LogP contribution in [0, 0.1) is 16.7 Å². The van der Waals surface area contributed by atoms with Gasteiger partial charge in [0.15, 0.2) is 0 Å². The summed E-state index contributed by atoms with van der Waals surface area (Å²) >= 11 is 0. The Hall–Kier alpha value is -2.77. The number of alkyl halides is 2. The van der Waals surface area contributed by atoms with E-state index >= 15 is 0 Å². The lowest BCUT2D eigenvalue weighted by atomic mass is 10.0. The van der Waals surface area contributed by atoms with Crippen LogP contribution in [0.15, 0.2) is 30.3 Å². The van der Waals surface area contributed by atoms with Crippen LogP contribution in [-0.4, -0.2) is 77.6 Å². The molecule has 3 fully saturated rings. The van der Waals surface area contributed by atoms with Gasteiger partial charge in [-0.05, 0) is 45.3 Å². The molecule has 2 amide bonds. The zero-order valence-electron chi connectivity index (χ0n) is 19.6. The Morgan fingerprint density at radius 3 is 2.35 bits per heavy atom. The summed E-state index contributed by atoms with van der Waals surface area (Å²) in [5.74, 6) is -3.93. The monoisotopic (exact) mass is 476 g/mol. The number of nitrogens with zero attached hydrogens (tertiary/aromatic N) is 3. The fraction of sp³-hybridized carbons (Fsp3) is 0.625. The Morgan fingerprint density at radius 1 is 1.29 bits per heavy atom. The van der Waals surface area contributed by atoms with Crippen LogP contribution in [0.25, 0.3) is 5.73 Å². The molecule has 1 aliphatic heterocycles. The number of carboxylic acid groups (broad SMARTS) is 1. The highest BCUT2D eigenvalue weighted by Crippen LogP contribution is 2.54. The average Bonchev–Trinajstić information content (AvgIpc) is 3.66. The summed E-state index contributed by atoms with van der Waals surface area (Å²) in [4.78, 5) is 26.2. The Balaban J connectivity index is 0.000000212. The van der Waals surface area contributed by atoms with Crippen molar-refractivity contribution < 1.29 is 23.5 Å². The Labute approximate surface area is 198 Å². The van der Waals surface area contributed by atoms with Gasteiger partial charge < -0.3 is 26.0 Å². The predicted octanol–water partition coefficient (Wildman–Crippen LogP) is 3.54. The standard InChI is InChI=1S/C15H16F2N3O.C9H16N2O2/c16-15(17,8-11-4-2-1-3-5-11)9-12(19)13(21)20-14(10-18)6-7-14;1-10(2)7-5-11(8(12)13)6-9(7)3-4-9/h1-5,12,19H,6-9H2,(H,20,21);7H,3-6H2,1-2H3,(H,12,13)/q-1;/t12-;/m0./s1. The van der Waals surface area contributed by atoms with Crippen molar-refractivity contribution in [2.24, 2.45) is 5.41 Å². The number of amides is 2. The van der Waals surface area contributed by atoms with Crippen LogP contribution in [0.5, 0.6) is 0 Å². The summed E-state index contributed by atoms with van der Waals surface area (Å²) in [5, 5.41) is 20.1. The molecule has 1 unspecified atom stereocenters. The van der Waals surface area contributed by atoms with Crippen molar-refractivity contribution in [2.75, 3.05) is 27.2 Å². The SMILES string of the molecule is CN(C)C1CN(C(=O)O)CC12CC2.N#CC1(NC(=O)[C@@H]([NH-])CC(F)(F)Cc2ccccc2)CC1. The van der Waals surface area contributed by atoms with E-state index in [9.17, 15) is 18.4 Å². The lowest BCUT2D eigenvalue weighted by Crippen LogP contribution is -2.43. The summed E-state index contributed by atoms with van der Waals surface area (Å²) in [6.45, 7) is 1.42. The molecule has 1 spiro atoms. The second kappa shape index (κ2) is 9.84. The Bertz CT molecular complexity index is 926. The van der Waals surface area contributed by atoms with Gasteiger partial charge in [0, 0.05) is 37.4 Å². The normalized spacial score (nSPS) is 22.4. The van der Waals surface area contributed by atoms with E-state index < -0.39 is 42.3 Å². The van der Waals surface area contributed by atoms with Crippen LogP contribution < -0.4 is 5.32 Å². The second-order valence-electron chi connectivity index (χ2n) is 9.96. The van der Waals surface area contributed by atoms with Crippen molar-refractivity contribution in [3.63, 3.8) is 0 Å². The van der Waals surface area contributed by atoms with Gasteiger partial charge in [-0.2, -0.15) is 5.26 Å². The van der Waals surface area contributed by atoms with E-state index in [-0.39, 0.29) is 0 Å². The van der Waals surface area contributed by atoms with E-state index in [0.717, 1.165) is 6.54 Å². The summed E-state index contributed by atoms with van der Waals surface area (Å²) in [6.07, 6.45) is 1.30. The third kappa shape index (κ3) is 6.42. The maximum absolute atomic E-state index is 13.9. The van der Waals surface area contributed by atoms with E-state index in [4.69, 9.17) is 16.1 Å². The first-order chi connectivity index (χ1) is 15.9. The minimum atomic E-state index is -3.13. The molecule has 0 bridgehead atoms. The first-order valence-corrected chi connectivity index (χ1v) is 11.4. The van der Waals surface area contributed by atoms with Crippen LogP contribution in [0.1, 0.15) is 37.7 Å². The molecule has 4 rings (SSSR count). The number of likely N-dealkylation sites (N-methyl/N-ethyl adjacent to an activating group) is 1. The van der Waals surface area contributed by atoms with Gasteiger partial charge >= 0.3 is 6.09 Å². The zero-order valence-corrected chi connectivity index (χ0v) is 19.6. The van der Waals surface area contributed by atoms with Crippen molar-refractivity contribution in [1.29, 1.82) is 5.26 Å². The third-order valence-electron chi connectivity index (χ3n) is 6.84. The summed E-state index contributed by atoms with van der Waals surface area (Å²) in [7, 11) is 4.08. The van der Waals surface area contributed by atoms with Crippen LogP contribution in [-0.2, 0) is 11.2 Å². The fourth-order valence-corrected chi connectivity index (χ4v) is 4.53. The van der Waals surface area contributed by atoms with E-state index in [1.54, 1.807) is 35.2 Å². The predicted molar refractivity (Wildman–Crippen MR) is 122 cm³/mol. The molecule has 1 aromatic rings. The Kier molecular flexibility index (Phi) is 7.48. The number of benzene rings is 1.